The molecule has 1 aliphatic rings. The molecule has 0 aromatic heterocycles. The number of rotatable bonds is 7. The van der Waals surface area contributed by atoms with Crippen LogP contribution in [0.1, 0.15) is 19.8 Å². The smallest absolute Gasteiger partial charge is 0.150 e. The maximum absolute atomic E-state index is 12.7. The van der Waals surface area contributed by atoms with Crippen molar-refractivity contribution in [3.63, 3.8) is 0 Å². The van der Waals surface area contributed by atoms with E-state index in [0.29, 0.717) is 0 Å². The average Bonchev–Trinajstić information content (AvgIpc) is 3.66. The Bertz CT molecular complexity index is 1310. The molecular weight excluding hydrogens is 416 g/mol. The van der Waals surface area contributed by atoms with Crippen molar-refractivity contribution in [2.45, 2.75) is 24.7 Å². The number of hydrogen-bond donors (Lipinski definition) is 2. The second-order valence-corrected chi connectivity index (χ2v) is 9.10. The van der Waals surface area contributed by atoms with Crippen LogP contribution in [0.15, 0.2) is 107 Å². The Morgan fingerprint density at radius 3 is 2.16 bits per heavy atom. The molecule has 0 spiro atoms. The highest BCUT2D eigenvalue weighted by atomic mass is 32.2. The van der Waals surface area contributed by atoms with E-state index in [1.165, 1.54) is 29.5 Å². The Kier molecular flexibility index (Phi) is 5.65. The molecule has 1 aliphatic carbocycles. The van der Waals surface area contributed by atoms with Crippen LogP contribution >= 0.6 is 0 Å². The van der Waals surface area contributed by atoms with Gasteiger partial charge in [0.25, 0.3) is 0 Å². The third-order valence-corrected chi connectivity index (χ3v) is 6.57. The quantitative estimate of drug-likeness (QED) is 0.318. The SMILES string of the molecule is CC(Nc1ccc(S(=O)Nc2ccc(Oc3ccc4ccccc4c3)cc2)cc1)=C1CC1. The Morgan fingerprint density at radius 2 is 1.44 bits per heavy atom. The van der Waals surface area contributed by atoms with E-state index in [4.69, 9.17) is 4.74 Å². The van der Waals surface area contributed by atoms with E-state index < -0.39 is 11.0 Å². The van der Waals surface area contributed by atoms with Gasteiger partial charge in [-0.25, -0.2) is 4.21 Å². The highest BCUT2D eigenvalue weighted by molar-refractivity contribution is 7.86. The van der Waals surface area contributed by atoms with Gasteiger partial charge < -0.3 is 14.8 Å². The van der Waals surface area contributed by atoms with Crippen LogP contribution in [0.25, 0.3) is 10.8 Å². The van der Waals surface area contributed by atoms with Crippen molar-refractivity contribution in [2.24, 2.45) is 0 Å². The normalized spacial score (nSPS) is 13.5. The molecule has 0 radical (unpaired) electrons. The summed E-state index contributed by atoms with van der Waals surface area (Å²) in [5.41, 5.74) is 4.49. The molecule has 0 aliphatic heterocycles. The van der Waals surface area contributed by atoms with E-state index >= 15 is 0 Å². The fraction of sp³-hybridized carbons (Fsp3) is 0.111. The summed E-state index contributed by atoms with van der Waals surface area (Å²) in [6.07, 6.45) is 2.38. The van der Waals surface area contributed by atoms with Gasteiger partial charge in [0.15, 0.2) is 0 Å². The van der Waals surface area contributed by atoms with E-state index in [9.17, 15) is 4.21 Å². The Hall–Kier alpha value is -3.57. The van der Waals surface area contributed by atoms with Crippen molar-refractivity contribution in [2.75, 3.05) is 10.0 Å². The zero-order chi connectivity index (χ0) is 21.9. The molecule has 160 valence electrons. The lowest BCUT2D eigenvalue weighted by Crippen LogP contribution is -2.05. The van der Waals surface area contributed by atoms with Gasteiger partial charge >= 0.3 is 0 Å². The molecule has 5 heteroatoms. The number of anilines is 2. The number of hydrogen-bond acceptors (Lipinski definition) is 3. The lowest BCUT2D eigenvalue weighted by molar-refractivity contribution is 0.483. The minimum atomic E-state index is -1.34. The second-order valence-electron chi connectivity index (χ2n) is 7.88. The molecule has 2 N–H and O–H groups in total. The van der Waals surface area contributed by atoms with Crippen LogP contribution in [-0.4, -0.2) is 4.21 Å². The van der Waals surface area contributed by atoms with Crippen molar-refractivity contribution < 1.29 is 8.95 Å². The van der Waals surface area contributed by atoms with E-state index in [0.717, 1.165) is 33.2 Å². The number of fused-ring (bicyclic) bond motifs is 1. The average molecular weight is 441 g/mol. The first kappa shape index (κ1) is 20.3. The molecular formula is C27H24N2O2S. The van der Waals surface area contributed by atoms with Gasteiger partial charge in [-0.1, -0.05) is 35.9 Å². The summed E-state index contributed by atoms with van der Waals surface area (Å²) in [4.78, 5) is 0.726. The zero-order valence-corrected chi connectivity index (χ0v) is 18.6. The summed E-state index contributed by atoms with van der Waals surface area (Å²) in [6, 6.07) is 29.4. The summed E-state index contributed by atoms with van der Waals surface area (Å²) in [6.45, 7) is 2.10. The minimum Gasteiger partial charge on any atom is -0.457 e. The first-order valence-corrected chi connectivity index (χ1v) is 11.8. The van der Waals surface area contributed by atoms with E-state index in [1.54, 1.807) is 0 Å². The van der Waals surface area contributed by atoms with Crippen molar-refractivity contribution in [3.8, 4) is 11.5 Å². The Morgan fingerprint density at radius 1 is 0.781 bits per heavy atom. The van der Waals surface area contributed by atoms with Crippen molar-refractivity contribution in [1.82, 2.24) is 0 Å². The fourth-order valence-electron chi connectivity index (χ4n) is 3.53. The number of nitrogens with one attached hydrogen (secondary N) is 2. The molecule has 1 atom stereocenters. The van der Waals surface area contributed by atoms with Gasteiger partial charge in [-0.2, -0.15) is 0 Å². The van der Waals surface area contributed by atoms with Crippen LogP contribution < -0.4 is 14.8 Å². The molecule has 32 heavy (non-hydrogen) atoms. The monoisotopic (exact) mass is 440 g/mol. The van der Waals surface area contributed by atoms with Crippen LogP contribution in [0.3, 0.4) is 0 Å². The largest absolute Gasteiger partial charge is 0.457 e. The molecule has 0 amide bonds. The molecule has 1 fully saturated rings. The molecule has 1 saturated carbocycles. The third kappa shape index (κ3) is 4.84. The standard InChI is InChI=1S/C27H24N2O2S/c1-19(20-6-7-20)28-23-11-16-27(17-12-23)32(30)29-24-9-14-25(15-10-24)31-26-13-8-21-4-2-3-5-22(21)18-26/h2-5,8-18,28-29H,6-7H2,1H3. The Labute approximate surface area is 190 Å². The van der Waals surface area contributed by atoms with E-state index in [-0.39, 0.29) is 0 Å². The van der Waals surface area contributed by atoms with Gasteiger partial charge in [0, 0.05) is 17.1 Å². The molecule has 0 saturated heterocycles. The van der Waals surface area contributed by atoms with Crippen LogP contribution in [0.2, 0.25) is 0 Å². The summed E-state index contributed by atoms with van der Waals surface area (Å²) in [5, 5.41) is 5.72. The van der Waals surface area contributed by atoms with E-state index in [1.807, 2.05) is 72.8 Å². The summed E-state index contributed by atoms with van der Waals surface area (Å²) >= 11 is 0. The topological polar surface area (TPSA) is 50.4 Å². The molecule has 0 heterocycles. The van der Waals surface area contributed by atoms with Crippen LogP contribution in [-0.2, 0) is 11.0 Å². The number of allylic oxidation sites excluding steroid dienone is 2. The second kappa shape index (κ2) is 8.89. The van der Waals surface area contributed by atoms with Crippen LogP contribution in [0.5, 0.6) is 11.5 Å². The first-order chi connectivity index (χ1) is 15.6. The van der Waals surface area contributed by atoms with E-state index in [2.05, 4.69) is 35.2 Å². The number of ether oxygens (including phenoxy) is 1. The maximum atomic E-state index is 12.7. The maximum Gasteiger partial charge on any atom is 0.150 e. The number of benzene rings is 4. The predicted molar refractivity (Wildman–Crippen MR) is 132 cm³/mol. The highest BCUT2D eigenvalue weighted by Gasteiger charge is 2.14. The fourth-order valence-corrected chi connectivity index (χ4v) is 4.38. The molecule has 5 rings (SSSR count). The third-order valence-electron chi connectivity index (χ3n) is 5.45. The van der Waals surface area contributed by atoms with Gasteiger partial charge in [-0.05, 0) is 91.2 Å². The van der Waals surface area contributed by atoms with Crippen molar-refractivity contribution in [3.05, 3.63) is 102 Å². The highest BCUT2D eigenvalue weighted by Crippen LogP contribution is 2.32. The van der Waals surface area contributed by atoms with Crippen molar-refractivity contribution >= 4 is 33.1 Å². The summed E-state index contributed by atoms with van der Waals surface area (Å²) in [5.74, 6) is 1.52. The van der Waals surface area contributed by atoms with Gasteiger partial charge in [0.1, 0.15) is 22.5 Å². The molecule has 0 bridgehead atoms. The lowest BCUT2D eigenvalue weighted by Gasteiger charge is -2.10. The van der Waals surface area contributed by atoms with Crippen LogP contribution in [0, 0.1) is 0 Å². The van der Waals surface area contributed by atoms with Crippen molar-refractivity contribution in [1.29, 1.82) is 0 Å². The lowest BCUT2D eigenvalue weighted by atomic mass is 10.1. The Balaban J connectivity index is 1.21. The summed E-state index contributed by atoms with van der Waals surface area (Å²) < 4.78 is 21.7. The molecule has 1 unspecified atom stereocenters. The van der Waals surface area contributed by atoms with Gasteiger partial charge in [0.2, 0.25) is 0 Å². The molecule has 4 aromatic rings. The zero-order valence-electron chi connectivity index (χ0n) is 17.8. The van der Waals surface area contributed by atoms with Gasteiger partial charge in [-0.15, -0.1) is 0 Å². The predicted octanol–water partition coefficient (Wildman–Crippen LogP) is 7.25. The first-order valence-electron chi connectivity index (χ1n) is 10.6. The minimum absolute atomic E-state index is 0.726. The van der Waals surface area contributed by atoms with Crippen LogP contribution in [0.4, 0.5) is 11.4 Å². The molecule has 4 nitrogen and oxygen atoms in total. The van der Waals surface area contributed by atoms with Gasteiger partial charge in [0.05, 0.1) is 4.90 Å². The van der Waals surface area contributed by atoms with Gasteiger partial charge in [-0.3, -0.25) is 0 Å². The summed E-state index contributed by atoms with van der Waals surface area (Å²) in [7, 11) is -1.34. The molecule has 4 aromatic carbocycles.